The van der Waals surface area contributed by atoms with E-state index in [0.29, 0.717) is 17.9 Å². The first-order valence-corrected chi connectivity index (χ1v) is 4.47. The predicted molar refractivity (Wildman–Crippen MR) is 53.3 cm³/mol. The number of nitrogens with zero attached hydrogens (tertiary/aromatic N) is 1. The van der Waals surface area contributed by atoms with Crippen LogP contribution in [0.4, 0.5) is 5.69 Å². The van der Waals surface area contributed by atoms with Crippen LogP contribution < -0.4 is 0 Å². The molecule has 0 aliphatic carbocycles. The Kier molecular flexibility index (Phi) is 3.06. The third kappa shape index (κ3) is 2.45. The van der Waals surface area contributed by atoms with Gasteiger partial charge in [-0.1, -0.05) is 13.8 Å². The molecule has 4 heteroatoms. The molecule has 76 valence electrons. The zero-order valence-corrected chi connectivity index (χ0v) is 8.23. The molecule has 1 rings (SSSR count). The van der Waals surface area contributed by atoms with Crippen LogP contribution in [0.5, 0.6) is 5.75 Å². The van der Waals surface area contributed by atoms with Crippen LogP contribution in [-0.4, -0.2) is 10.0 Å². The molecule has 0 bridgehead atoms. The van der Waals surface area contributed by atoms with Gasteiger partial charge in [0.05, 0.1) is 4.92 Å². The summed E-state index contributed by atoms with van der Waals surface area (Å²) in [6.45, 7) is 4.00. The lowest BCUT2D eigenvalue weighted by Gasteiger charge is -2.06. The Labute approximate surface area is 82.3 Å². The third-order valence-electron chi connectivity index (χ3n) is 1.90. The molecule has 0 unspecified atom stereocenters. The summed E-state index contributed by atoms with van der Waals surface area (Å²) < 4.78 is 0. The van der Waals surface area contributed by atoms with Crippen LogP contribution in [0.3, 0.4) is 0 Å². The van der Waals surface area contributed by atoms with E-state index >= 15 is 0 Å². The second kappa shape index (κ2) is 4.09. The number of benzene rings is 1. The average Bonchev–Trinajstić information content (AvgIpc) is 2.07. The molecule has 0 aliphatic heterocycles. The molecule has 0 radical (unpaired) electrons. The molecule has 0 spiro atoms. The van der Waals surface area contributed by atoms with Crippen molar-refractivity contribution < 1.29 is 10.0 Å². The smallest absolute Gasteiger partial charge is 0.269 e. The second-order valence-corrected chi connectivity index (χ2v) is 3.67. The van der Waals surface area contributed by atoms with E-state index in [4.69, 9.17) is 0 Å². The maximum atomic E-state index is 10.5. The van der Waals surface area contributed by atoms with E-state index in [1.807, 2.05) is 13.8 Å². The van der Waals surface area contributed by atoms with E-state index in [1.54, 1.807) is 0 Å². The quantitative estimate of drug-likeness (QED) is 0.595. The van der Waals surface area contributed by atoms with Gasteiger partial charge in [-0.2, -0.15) is 0 Å². The maximum absolute atomic E-state index is 10.5. The van der Waals surface area contributed by atoms with E-state index in [1.165, 1.54) is 18.2 Å². The SMILES string of the molecule is CC(C)Cc1cc([N+](=O)[O-])ccc1O. The molecular weight excluding hydrogens is 182 g/mol. The van der Waals surface area contributed by atoms with Crippen molar-refractivity contribution in [3.05, 3.63) is 33.9 Å². The number of aromatic hydroxyl groups is 1. The van der Waals surface area contributed by atoms with Crippen LogP contribution in [0, 0.1) is 16.0 Å². The zero-order chi connectivity index (χ0) is 10.7. The van der Waals surface area contributed by atoms with Gasteiger partial charge in [-0.15, -0.1) is 0 Å². The molecule has 0 heterocycles. The highest BCUT2D eigenvalue weighted by Gasteiger charge is 2.10. The van der Waals surface area contributed by atoms with Gasteiger partial charge in [0.15, 0.2) is 0 Å². The molecule has 0 saturated carbocycles. The number of hydrogen-bond acceptors (Lipinski definition) is 3. The first-order valence-electron chi connectivity index (χ1n) is 4.47. The first-order chi connectivity index (χ1) is 6.50. The third-order valence-corrected chi connectivity index (χ3v) is 1.90. The summed E-state index contributed by atoms with van der Waals surface area (Å²) in [7, 11) is 0. The highest BCUT2D eigenvalue weighted by Crippen LogP contribution is 2.25. The van der Waals surface area contributed by atoms with Crippen molar-refractivity contribution in [3.63, 3.8) is 0 Å². The fraction of sp³-hybridized carbons (Fsp3) is 0.400. The van der Waals surface area contributed by atoms with Gasteiger partial charge in [0.25, 0.3) is 5.69 Å². The van der Waals surface area contributed by atoms with Crippen molar-refractivity contribution in [1.82, 2.24) is 0 Å². The summed E-state index contributed by atoms with van der Waals surface area (Å²) in [6, 6.07) is 4.10. The van der Waals surface area contributed by atoms with Gasteiger partial charge in [0.1, 0.15) is 5.75 Å². The largest absolute Gasteiger partial charge is 0.508 e. The Hall–Kier alpha value is -1.58. The summed E-state index contributed by atoms with van der Waals surface area (Å²) in [6.07, 6.45) is 0.646. The zero-order valence-electron chi connectivity index (χ0n) is 8.23. The number of hydrogen-bond donors (Lipinski definition) is 1. The minimum absolute atomic E-state index is 0.0263. The van der Waals surface area contributed by atoms with Crippen molar-refractivity contribution in [2.75, 3.05) is 0 Å². The van der Waals surface area contributed by atoms with Gasteiger partial charge in [-0.25, -0.2) is 0 Å². The number of nitro benzene ring substituents is 1. The Morgan fingerprint density at radius 2 is 2.14 bits per heavy atom. The molecule has 0 aromatic heterocycles. The van der Waals surface area contributed by atoms with E-state index in [2.05, 4.69) is 0 Å². The van der Waals surface area contributed by atoms with Gasteiger partial charge < -0.3 is 5.11 Å². The normalized spacial score (nSPS) is 10.5. The molecule has 4 nitrogen and oxygen atoms in total. The van der Waals surface area contributed by atoms with Crippen molar-refractivity contribution >= 4 is 5.69 Å². The molecule has 0 amide bonds. The highest BCUT2D eigenvalue weighted by molar-refractivity contribution is 5.43. The number of phenolic OH excluding ortho intramolecular Hbond substituents is 1. The summed E-state index contributed by atoms with van der Waals surface area (Å²) in [5.74, 6) is 0.493. The van der Waals surface area contributed by atoms with Crippen molar-refractivity contribution in [1.29, 1.82) is 0 Å². The van der Waals surface area contributed by atoms with Crippen molar-refractivity contribution in [2.24, 2.45) is 5.92 Å². The van der Waals surface area contributed by atoms with Crippen molar-refractivity contribution in [2.45, 2.75) is 20.3 Å². The number of rotatable bonds is 3. The fourth-order valence-corrected chi connectivity index (χ4v) is 1.29. The number of nitro groups is 1. The number of phenols is 1. The summed E-state index contributed by atoms with van der Waals surface area (Å²) in [5.41, 5.74) is 0.660. The Morgan fingerprint density at radius 3 is 2.64 bits per heavy atom. The van der Waals surface area contributed by atoms with Crippen LogP contribution in [0.15, 0.2) is 18.2 Å². The van der Waals surface area contributed by atoms with Gasteiger partial charge in [-0.3, -0.25) is 10.1 Å². The first kappa shape index (κ1) is 10.5. The molecule has 1 aromatic rings. The summed E-state index contributed by atoms with van der Waals surface area (Å²) in [5, 5.41) is 19.9. The number of non-ortho nitro benzene ring substituents is 1. The molecule has 14 heavy (non-hydrogen) atoms. The van der Waals surface area contributed by atoms with Crippen LogP contribution in [0.2, 0.25) is 0 Å². The van der Waals surface area contributed by atoms with E-state index in [9.17, 15) is 15.2 Å². The molecular formula is C10H13NO3. The topological polar surface area (TPSA) is 63.4 Å². The Morgan fingerprint density at radius 1 is 1.50 bits per heavy atom. The van der Waals surface area contributed by atoms with E-state index in [-0.39, 0.29) is 11.4 Å². The fourth-order valence-electron chi connectivity index (χ4n) is 1.29. The lowest BCUT2D eigenvalue weighted by molar-refractivity contribution is -0.384. The molecule has 0 fully saturated rings. The lowest BCUT2D eigenvalue weighted by Crippen LogP contribution is -1.96. The van der Waals surface area contributed by atoms with Crippen LogP contribution >= 0.6 is 0 Å². The minimum atomic E-state index is -0.455. The average molecular weight is 195 g/mol. The van der Waals surface area contributed by atoms with Gasteiger partial charge in [0, 0.05) is 17.7 Å². The standard InChI is InChI=1S/C10H13NO3/c1-7(2)5-8-6-9(11(13)14)3-4-10(8)12/h3-4,6-7,12H,5H2,1-2H3. The molecule has 0 saturated heterocycles. The summed E-state index contributed by atoms with van der Waals surface area (Å²) in [4.78, 5) is 10.0. The molecule has 0 aliphatic rings. The van der Waals surface area contributed by atoms with Gasteiger partial charge in [-0.05, 0) is 18.4 Å². The van der Waals surface area contributed by atoms with Crippen LogP contribution in [0.1, 0.15) is 19.4 Å². The predicted octanol–water partition coefficient (Wildman–Crippen LogP) is 2.50. The highest BCUT2D eigenvalue weighted by atomic mass is 16.6. The van der Waals surface area contributed by atoms with E-state index in [0.717, 1.165) is 0 Å². The monoisotopic (exact) mass is 195 g/mol. The second-order valence-electron chi connectivity index (χ2n) is 3.67. The minimum Gasteiger partial charge on any atom is -0.508 e. The van der Waals surface area contributed by atoms with Gasteiger partial charge >= 0.3 is 0 Å². The van der Waals surface area contributed by atoms with E-state index < -0.39 is 4.92 Å². The van der Waals surface area contributed by atoms with Crippen molar-refractivity contribution in [3.8, 4) is 5.75 Å². The van der Waals surface area contributed by atoms with Crippen LogP contribution in [0.25, 0.3) is 0 Å². The Balaban J connectivity index is 3.02. The summed E-state index contributed by atoms with van der Waals surface area (Å²) >= 11 is 0. The molecule has 1 N–H and O–H groups in total. The maximum Gasteiger partial charge on any atom is 0.269 e. The Bertz CT molecular complexity index is 347. The molecule has 1 aromatic carbocycles. The molecule has 0 atom stereocenters. The van der Waals surface area contributed by atoms with Gasteiger partial charge in [0.2, 0.25) is 0 Å². The van der Waals surface area contributed by atoms with Crippen LogP contribution in [-0.2, 0) is 6.42 Å². The lowest BCUT2D eigenvalue weighted by atomic mass is 10.0.